The quantitative estimate of drug-likeness (QED) is 0.248. The Morgan fingerprint density at radius 3 is 2.68 bits per heavy atom. The number of hydrogen-bond acceptors (Lipinski definition) is 6. The molecule has 2 fully saturated rings. The van der Waals surface area contributed by atoms with Crippen LogP contribution in [0.3, 0.4) is 0 Å². The number of piperidine rings is 1. The molecule has 2 aliphatic rings. The number of benzene rings is 2. The zero-order chi connectivity index (χ0) is 28.3. The molecule has 6 rings (SSSR count). The van der Waals surface area contributed by atoms with E-state index in [0.717, 1.165) is 68.1 Å². The van der Waals surface area contributed by atoms with Crippen molar-refractivity contribution in [3.8, 4) is 5.88 Å². The van der Waals surface area contributed by atoms with Crippen LogP contribution in [-0.4, -0.2) is 56.4 Å². The summed E-state index contributed by atoms with van der Waals surface area (Å²) in [6.07, 6.45) is 1.98. The molecule has 0 bridgehead atoms. The van der Waals surface area contributed by atoms with E-state index in [1.165, 1.54) is 6.07 Å². The standard InChI is InChI=1S/C30H31ClFN5O4/c31-21-5-4-20(24(32)14-21)18-41-29-3-1-2-25(35-29)19-8-11-36(12-9-19)17-28-34-26-15-22(33-30(38)39)6-7-27(26)37(28)16-23-10-13-40-23/h1-7,14-15,19,23,33H,8-13,16-18H2,(H,38,39). The summed E-state index contributed by atoms with van der Waals surface area (Å²) in [7, 11) is 0. The van der Waals surface area contributed by atoms with Crippen LogP contribution in [-0.2, 0) is 24.4 Å². The number of carboxylic acid groups (broad SMARTS) is 1. The fourth-order valence-corrected chi connectivity index (χ4v) is 5.61. The molecular formula is C30H31ClFN5O4. The number of fused-ring (bicyclic) bond motifs is 1. The lowest BCUT2D eigenvalue weighted by Gasteiger charge is -2.32. The highest BCUT2D eigenvalue weighted by atomic mass is 35.5. The lowest BCUT2D eigenvalue weighted by molar-refractivity contribution is -0.0592. The van der Waals surface area contributed by atoms with E-state index in [9.17, 15) is 9.18 Å². The molecule has 1 amide bonds. The first-order valence-corrected chi connectivity index (χ1v) is 14.2. The van der Waals surface area contributed by atoms with E-state index in [1.54, 1.807) is 30.3 Å². The summed E-state index contributed by atoms with van der Waals surface area (Å²) in [5.74, 6) is 1.33. The number of aromatic nitrogens is 3. The highest BCUT2D eigenvalue weighted by Gasteiger charge is 2.26. The van der Waals surface area contributed by atoms with Crippen molar-refractivity contribution < 1.29 is 23.8 Å². The lowest BCUT2D eigenvalue weighted by Crippen LogP contribution is -2.35. The number of imidazole rings is 1. The molecular weight excluding hydrogens is 549 g/mol. The molecule has 4 aromatic rings. The molecule has 9 nitrogen and oxygen atoms in total. The van der Waals surface area contributed by atoms with Gasteiger partial charge in [-0.1, -0.05) is 23.7 Å². The van der Waals surface area contributed by atoms with Crippen LogP contribution >= 0.6 is 11.6 Å². The number of anilines is 1. The van der Waals surface area contributed by atoms with Gasteiger partial charge in [0.1, 0.15) is 18.2 Å². The smallest absolute Gasteiger partial charge is 0.409 e. The SMILES string of the molecule is O=C(O)Nc1ccc2c(c1)nc(CN1CCC(c3cccc(OCc4ccc(Cl)cc4F)n3)CC1)n2CC1CCO1. The molecule has 0 radical (unpaired) electrons. The summed E-state index contributed by atoms with van der Waals surface area (Å²) < 4.78 is 27.8. The predicted molar refractivity (Wildman–Crippen MR) is 153 cm³/mol. The number of likely N-dealkylation sites (tertiary alicyclic amines) is 1. The minimum atomic E-state index is -1.10. The molecule has 0 spiro atoms. The Balaban J connectivity index is 1.10. The van der Waals surface area contributed by atoms with Crippen molar-refractivity contribution in [2.45, 2.75) is 51.0 Å². The molecule has 2 aromatic carbocycles. The number of amides is 1. The van der Waals surface area contributed by atoms with Crippen molar-refractivity contribution in [3.05, 3.63) is 82.5 Å². The monoisotopic (exact) mass is 579 g/mol. The van der Waals surface area contributed by atoms with Gasteiger partial charge >= 0.3 is 6.09 Å². The summed E-state index contributed by atoms with van der Waals surface area (Å²) in [5, 5.41) is 11.9. The van der Waals surface area contributed by atoms with Crippen LogP contribution in [0.4, 0.5) is 14.9 Å². The number of rotatable bonds is 9. The summed E-state index contributed by atoms with van der Waals surface area (Å²) in [5.41, 5.74) is 3.64. The molecule has 2 saturated heterocycles. The van der Waals surface area contributed by atoms with Gasteiger partial charge in [-0.3, -0.25) is 10.2 Å². The molecule has 0 aliphatic carbocycles. The van der Waals surface area contributed by atoms with Gasteiger partial charge in [-0.05, 0) is 68.8 Å². The van der Waals surface area contributed by atoms with Crippen LogP contribution < -0.4 is 10.1 Å². The number of nitrogens with one attached hydrogen (secondary N) is 1. The van der Waals surface area contributed by atoms with E-state index in [0.29, 0.717) is 34.6 Å². The van der Waals surface area contributed by atoms with E-state index in [1.807, 2.05) is 18.2 Å². The Morgan fingerprint density at radius 2 is 1.95 bits per heavy atom. The maximum Gasteiger partial charge on any atom is 0.409 e. The molecule has 1 atom stereocenters. The van der Waals surface area contributed by atoms with Gasteiger partial charge in [-0.15, -0.1) is 0 Å². The van der Waals surface area contributed by atoms with Crippen molar-refractivity contribution in [2.75, 3.05) is 25.0 Å². The number of carbonyl (C=O) groups is 1. The fraction of sp³-hybridized carbons (Fsp3) is 0.367. The number of nitrogens with zero attached hydrogens (tertiary/aromatic N) is 4. The Bertz CT molecular complexity index is 1550. The number of ether oxygens (including phenoxy) is 2. The van der Waals surface area contributed by atoms with Crippen LogP contribution in [0.25, 0.3) is 11.0 Å². The molecule has 2 aliphatic heterocycles. The second-order valence-electron chi connectivity index (χ2n) is 10.5. The average molecular weight is 580 g/mol. The van der Waals surface area contributed by atoms with Gasteiger partial charge < -0.3 is 19.1 Å². The fourth-order valence-electron chi connectivity index (χ4n) is 5.45. The number of hydrogen-bond donors (Lipinski definition) is 2. The Hall–Kier alpha value is -3.73. The average Bonchev–Trinajstić information content (AvgIpc) is 3.26. The number of halogens is 2. The third-order valence-corrected chi connectivity index (χ3v) is 8.00. The summed E-state index contributed by atoms with van der Waals surface area (Å²) in [6, 6.07) is 15.8. The molecule has 214 valence electrons. The van der Waals surface area contributed by atoms with Crippen LogP contribution in [0.1, 0.15) is 42.3 Å². The lowest BCUT2D eigenvalue weighted by atomic mass is 9.93. The van der Waals surface area contributed by atoms with Gasteiger partial charge in [-0.25, -0.2) is 19.2 Å². The van der Waals surface area contributed by atoms with E-state index < -0.39 is 11.9 Å². The number of pyridine rings is 1. The first kappa shape index (κ1) is 27.4. The van der Waals surface area contributed by atoms with E-state index in [2.05, 4.69) is 14.8 Å². The molecule has 0 saturated carbocycles. The second kappa shape index (κ2) is 12.0. The summed E-state index contributed by atoms with van der Waals surface area (Å²) in [6.45, 7) is 4.07. The normalized spacial score (nSPS) is 17.9. The van der Waals surface area contributed by atoms with Crippen LogP contribution in [0.15, 0.2) is 54.6 Å². The van der Waals surface area contributed by atoms with Gasteiger partial charge in [0.25, 0.3) is 0 Å². The largest absolute Gasteiger partial charge is 0.473 e. The molecule has 41 heavy (non-hydrogen) atoms. The van der Waals surface area contributed by atoms with Gasteiger partial charge in [0, 0.05) is 40.6 Å². The van der Waals surface area contributed by atoms with Crippen LogP contribution in [0, 0.1) is 5.82 Å². The molecule has 11 heteroatoms. The first-order valence-electron chi connectivity index (χ1n) is 13.8. The van der Waals surface area contributed by atoms with Crippen LogP contribution in [0.2, 0.25) is 5.02 Å². The van der Waals surface area contributed by atoms with Crippen molar-refractivity contribution in [1.82, 2.24) is 19.4 Å². The Kier molecular flexibility index (Phi) is 8.04. The highest BCUT2D eigenvalue weighted by molar-refractivity contribution is 6.30. The minimum absolute atomic E-state index is 0.0820. The third kappa shape index (κ3) is 6.45. The third-order valence-electron chi connectivity index (χ3n) is 7.76. The molecule has 1 unspecified atom stereocenters. The topological polar surface area (TPSA) is 102 Å². The second-order valence-corrected chi connectivity index (χ2v) is 11.0. The molecule has 2 N–H and O–H groups in total. The van der Waals surface area contributed by atoms with E-state index in [-0.39, 0.29) is 12.7 Å². The molecule has 2 aromatic heterocycles. The predicted octanol–water partition coefficient (Wildman–Crippen LogP) is 6.06. The van der Waals surface area contributed by atoms with Crippen molar-refractivity contribution >= 4 is 34.4 Å². The van der Waals surface area contributed by atoms with Gasteiger partial charge in [-0.2, -0.15) is 0 Å². The summed E-state index contributed by atoms with van der Waals surface area (Å²) in [4.78, 5) is 23.1. The van der Waals surface area contributed by atoms with Gasteiger partial charge in [0.2, 0.25) is 5.88 Å². The van der Waals surface area contributed by atoms with Crippen molar-refractivity contribution in [2.24, 2.45) is 0 Å². The Morgan fingerprint density at radius 1 is 1.12 bits per heavy atom. The first-order chi connectivity index (χ1) is 19.9. The van der Waals surface area contributed by atoms with Crippen molar-refractivity contribution in [1.29, 1.82) is 0 Å². The Labute approximate surface area is 241 Å². The minimum Gasteiger partial charge on any atom is -0.473 e. The molecule has 4 heterocycles. The maximum absolute atomic E-state index is 14.1. The van der Waals surface area contributed by atoms with Gasteiger partial charge in [0.05, 0.1) is 30.2 Å². The summed E-state index contributed by atoms with van der Waals surface area (Å²) >= 11 is 5.85. The van der Waals surface area contributed by atoms with Gasteiger partial charge in [0.15, 0.2) is 0 Å². The van der Waals surface area contributed by atoms with E-state index >= 15 is 0 Å². The zero-order valence-corrected chi connectivity index (χ0v) is 23.2. The van der Waals surface area contributed by atoms with Crippen molar-refractivity contribution in [3.63, 3.8) is 0 Å². The van der Waals surface area contributed by atoms with Crippen LogP contribution in [0.5, 0.6) is 5.88 Å². The maximum atomic E-state index is 14.1. The van der Waals surface area contributed by atoms with E-state index in [4.69, 9.17) is 36.1 Å². The highest BCUT2D eigenvalue weighted by Crippen LogP contribution is 2.30. The zero-order valence-electron chi connectivity index (χ0n) is 22.4.